The number of Topliss-reactive ketones (excluding diaryl/α,β-unsaturated/α-hetero) is 1. The van der Waals surface area contributed by atoms with Crippen LogP contribution in [0.5, 0.6) is 5.75 Å². The number of rotatable bonds is 10. The van der Waals surface area contributed by atoms with E-state index in [1.807, 2.05) is 37.2 Å². The van der Waals surface area contributed by atoms with E-state index in [1.54, 1.807) is 4.90 Å². The Hall–Kier alpha value is -2.94. The fourth-order valence-corrected chi connectivity index (χ4v) is 4.49. The van der Waals surface area contributed by atoms with Crippen molar-refractivity contribution in [1.29, 1.82) is 5.41 Å². The number of hydrogen-bond donors (Lipinski definition) is 2. The maximum absolute atomic E-state index is 13.5. The Morgan fingerprint density at radius 1 is 1.22 bits per heavy atom. The quantitative estimate of drug-likeness (QED) is 0.299. The number of hydrogen-bond acceptors (Lipinski definition) is 6. The van der Waals surface area contributed by atoms with Gasteiger partial charge in [-0.1, -0.05) is 26.8 Å². The van der Waals surface area contributed by atoms with E-state index in [4.69, 9.17) is 20.2 Å². The summed E-state index contributed by atoms with van der Waals surface area (Å²) in [6.07, 6.45) is 2.76. The molecule has 2 aromatic rings. The van der Waals surface area contributed by atoms with Gasteiger partial charge in [0, 0.05) is 55.4 Å². The van der Waals surface area contributed by atoms with E-state index in [1.165, 1.54) is 0 Å². The zero-order chi connectivity index (χ0) is 26.2. The summed E-state index contributed by atoms with van der Waals surface area (Å²) in [5.74, 6) is 0.581. The highest BCUT2D eigenvalue weighted by Crippen LogP contribution is 2.41. The van der Waals surface area contributed by atoms with E-state index in [2.05, 4.69) is 26.8 Å². The van der Waals surface area contributed by atoms with Crippen LogP contribution >= 0.6 is 17.0 Å². The number of carboxylic acid groups (broad SMARTS) is 1. The van der Waals surface area contributed by atoms with Crippen molar-refractivity contribution in [2.45, 2.75) is 64.3 Å². The molecule has 37 heavy (non-hydrogen) atoms. The average molecular weight is 574 g/mol. The number of carbonyl (C=O) groups is 2. The van der Waals surface area contributed by atoms with Gasteiger partial charge in [0.1, 0.15) is 17.3 Å². The summed E-state index contributed by atoms with van der Waals surface area (Å²) in [6, 6.07) is 7.83. The lowest BCUT2D eigenvalue weighted by atomic mass is 9.84. The van der Waals surface area contributed by atoms with E-state index in [-0.39, 0.29) is 47.8 Å². The number of aromatic nitrogens is 1. The smallest absolute Gasteiger partial charge is 0.303 e. The zero-order valence-corrected chi connectivity index (χ0v) is 24.0. The number of nitrogens with zero attached hydrogens (tertiary/aromatic N) is 3. The van der Waals surface area contributed by atoms with E-state index in [0.717, 1.165) is 35.3 Å². The van der Waals surface area contributed by atoms with Crippen LogP contribution in [0.4, 0.5) is 5.69 Å². The number of carboxylic acids is 1. The lowest BCUT2D eigenvalue weighted by Gasteiger charge is -2.28. The molecule has 0 amide bonds. The zero-order valence-electron chi connectivity index (χ0n) is 22.3. The molecule has 2 N–H and O–H groups in total. The Morgan fingerprint density at radius 3 is 2.51 bits per heavy atom. The van der Waals surface area contributed by atoms with Crippen molar-refractivity contribution in [2.75, 3.05) is 32.1 Å². The van der Waals surface area contributed by atoms with Crippen LogP contribution in [0.15, 0.2) is 24.3 Å². The molecule has 4 rings (SSSR count). The largest absolute Gasteiger partial charge is 0.491 e. The molecule has 2 aliphatic rings. The number of carbonyl (C=O) groups excluding carboxylic acids is 1. The van der Waals surface area contributed by atoms with Crippen molar-refractivity contribution in [2.24, 2.45) is 0 Å². The first-order valence-electron chi connectivity index (χ1n) is 12.5. The Morgan fingerprint density at radius 2 is 1.92 bits per heavy atom. The molecular formula is C28H37BrN4O4. The fourth-order valence-electron chi connectivity index (χ4n) is 4.49. The first-order chi connectivity index (χ1) is 17.0. The average Bonchev–Trinajstić information content (AvgIpc) is 3.61. The number of benzene rings is 1. The van der Waals surface area contributed by atoms with Gasteiger partial charge in [0.2, 0.25) is 0 Å². The standard InChI is InChI=1S/C28H36N4O4.BrH/c1-28(2,3)20-13-19(14-22(31(4)5)26(20)36-12-6-7-24(34)35)23(33)16-32-15-18-10-11-21(17-8-9-17)30-25(18)27(32)29;/h10-11,13-14,17,29H,6-9,12,15-16H2,1-5H3,(H,34,35);1H. The molecule has 1 aromatic heterocycles. The van der Waals surface area contributed by atoms with Crippen molar-refractivity contribution >= 4 is 40.3 Å². The molecule has 2 heterocycles. The second-order valence-corrected chi connectivity index (χ2v) is 11.0. The molecule has 1 saturated carbocycles. The number of halogens is 1. The monoisotopic (exact) mass is 572 g/mol. The summed E-state index contributed by atoms with van der Waals surface area (Å²) >= 11 is 0. The maximum atomic E-state index is 13.5. The molecule has 1 aliphatic carbocycles. The molecule has 200 valence electrons. The number of pyridine rings is 1. The van der Waals surface area contributed by atoms with Gasteiger partial charge in [-0.15, -0.1) is 17.0 Å². The second kappa shape index (κ2) is 11.2. The van der Waals surface area contributed by atoms with Gasteiger partial charge in [0.25, 0.3) is 0 Å². The van der Waals surface area contributed by atoms with E-state index in [9.17, 15) is 9.59 Å². The first-order valence-corrected chi connectivity index (χ1v) is 12.5. The van der Waals surface area contributed by atoms with Crippen LogP contribution in [0, 0.1) is 5.41 Å². The molecule has 0 atom stereocenters. The minimum atomic E-state index is -0.850. The van der Waals surface area contributed by atoms with E-state index >= 15 is 0 Å². The lowest BCUT2D eigenvalue weighted by Crippen LogP contribution is -2.31. The summed E-state index contributed by atoms with van der Waals surface area (Å²) in [4.78, 5) is 32.8. The number of nitrogens with one attached hydrogen (secondary N) is 1. The first kappa shape index (κ1) is 28.6. The number of aliphatic carboxylic acids is 1. The molecular weight excluding hydrogens is 536 g/mol. The lowest BCUT2D eigenvalue weighted by molar-refractivity contribution is -0.137. The number of anilines is 1. The molecule has 1 aliphatic heterocycles. The molecule has 8 nitrogen and oxygen atoms in total. The Balaban J connectivity index is 0.00000380. The maximum Gasteiger partial charge on any atom is 0.303 e. The van der Waals surface area contributed by atoms with Gasteiger partial charge < -0.3 is 19.6 Å². The molecule has 0 spiro atoms. The number of ketones is 1. The highest BCUT2D eigenvalue weighted by atomic mass is 79.9. The minimum Gasteiger partial charge on any atom is -0.491 e. The van der Waals surface area contributed by atoms with Crippen LogP contribution in [0.2, 0.25) is 0 Å². The van der Waals surface area contributed by atoms with Gasteiger partial charge >= 0.3 is 5.97 Å². The Bertz CT molecular complexity index is 1200. The third-order valence-corrected chi connectivity index (χ3v) is 6.69. The van der Waals surface area contributed by atoms with Gasteiger partial charge in [0.15, 0.2) is 5.78 Å². The number of fused-ring (bicyclic) bond motifs is 1. The predicted molar refractivity (Wildman–Crippen MR) is 150 cm³/mol. The van der Waals surface area contributed by atoms with Crippen LogP contribution in [-0.2, 0) is 16.8 Å². The van der Waals surface area contributed by atoms with Crippen LogP contribution in [0.3, 0.4) is 0 Å². The highest BCUT2D eigenvalue weighted by molar-refractivity contribution is 8.93. The van der Waals surface area contributed by atoms with Crippen molar-refractivity contribution in [1.82, 2.24) is 9.88 Å². The minimum absolute atomic E-state index is 0. The third-order valence-electron chi connectivity index (χ3n) is 6.69. The molecule has 0 bridgehead atoms. The number of ether oxygens (including phenoxy) is 1. The third kappa shape index (κ3) is 6.50. The van der Waals surface area contributed by atoms with Crippen LogP contribution in [-0.4, -0.2) is 59.8 Å². The molecule has 1 fully saturated rings. The van der Waals surface area contributed by atoms with E-state index < -0.39 is 5.97 Å². The van der Waals surface area contributed by atoms with E-state index in [0.29, 0.717) is 41.7 Å². The van der Waals surface area contributed by atoms with Crippen LogP contribution in [0.25, 0.3) is 0 Å². The SMILES string of the molecule is Br.CN(C)c1cc(C(=O)CN2Cc3ccc(C4CC4)nc3C2=N)cc(C(C)(C)C)c1OCCCC(=O)O. The van der Waals surface area contributed by atoms with Gasteiger partial charge in [-0.25, -0.2) is 4.98 Å². The van der Waals surface area contributed by atoms with Gasteiger partial charge in [-0.2, -0.15) is 0 Å². The topological polar surface area (TPSA) is 107 Å². The summed E-state index contributed by atoms with van der Waals surface area (Å²) in [5, 5.41) is 17.6. The van der Waals surface area contributed by atoms with Crippen molar-refractivity contribution in [3.63, 3.8) is 0 Å². The van der Waals surface area contributed by atoms with Crippen molar-refractivity contribution in [3.8, 4) is 5.75 Å². The molecule has 0 unspecified atom stereocenters. The van der Waals surface area contributed by atoms with Crippen LogP contribution in [0.1, 0.15) is 85.2 Å². The normalized spacial score (nSPS) is 14.7. The molecule has 1 aromatic carbocycles. The summed E-state index contributed by atoms with van der Waals surface area (Å²) < 4.78 is 6.10. The molecule has 9 heteroatoms. The number of amidine groups is 1. The predicted octanol–water partition coefficient (Wildman–Crippen LogP) is 5.17. The summed E-state index contributed by atoms with van der Waals surface area (Å²) in [6.45, 7) is 7.09. The highest BCUT2D eigenvalue weighted by Gasteiger charge is 2.32. The van der Waals surface area contributed by atoms with Gasteiger partial charge in [-0.3, -0.25) is 15.0 Å². The summed E-state index contributed by atoms with van der Waals surface area (Å²) in [5.41, 5.74) is 4.67. The van der Waals surface area contributed by atoms with Crippen molar-refractivity contribution < 1.29 is 19.4 Å². The van der Waals surface area contributed by atoms with Gasteiger partial charge in [-0.05, 0) is 42.9 Å². The Labute approximate surface area is 229 Å². The summed E-state index contributed by atoms with van der Waals surface area (Å²) in [7, 11) is 3.80. The molecule has 0 saturated heterocycles. The second-order valence-electron chi connectivity index (χ2n) is 11.0. The Kier molecular flexibility index (Phi) is 8.67. The fraction of sp³-hybridized carbons (Fsp3) is 0.500. The van der Waals surface area contributed by atoms with Gasteiger partial charge in [0.05, 0.1) is 18.8 Å². The molecule has 0 radical (unpaired) electrons. The van der Waals surface area contributed by atoms with Crippen molar-refractivity contribution in [3.05, 3.63) is 52.3 Å². The van der Waals surface area contributed by atoms with Crippen LogP contribution < -0.4 is 9.64 Å².